The molecule has 0 aliphatic carbocycles. The average molecular weight is 372 g/mol. The van der Waals surface area contributed by atoms with E-state index < -0.39 is 17.3 Å². The number of β-amino-alcohol motifs (C(OH)–C–C–N with tert-alkyl or cyclic N) is 1. The fourth-order valence-corrected chi connectivity index (χ4v) is 3.57. The van der Waals surface area contributed by atoms with E-state index in [-0.39, 0.29) is 18.7 Å². The van der Waals surface area contributed by atoms with Gasteiger partial charge in [0, 0.05) is 18.7 Å². The Kier molecular flexibility index (Phi) is 5.16. The summed E-state index contributed by atoms with van der Waals surface area (Å²) in [7, 11) is 0. The van der Waals surface area contributed by atoms with Crippen molar-refractivity contribution in [3.8, 4) is 0 Å². The number of hydrazine groups is 2. The maximum Gasteiger partial charge on any atom is 0.416 e. The number of halogens is 3. The topological polar surface area (TPSA) is 79.8 Å². The van der Waals surface area contributed by atoms with Crippen LogP contribution in [0.15, 0.2) is 36.2 Å². The molecule has 3 rings (SSSR count). The third-order valence-corrected chi connectivity index (χ3v) is 4.78. The molecule has 2 heterocycles. The lowest BCUT2D eigenvalue weighted by Crippen LogP contribution is -2.53. The summed E-state index contributed by atoms with van der Waals surface area (Å²) in [5.74, 6) is 0. The minimum absolute atomic E-state index is 0.0115. The number of nitrogens with one attached hydrogen (secondary N) is 3. The van der Waals surface area contributed by atoms with Crippen molar-refractivity contribution in [2.75, 3.05) is 13.2 Å². The molecule has 1 unspecified atom stereocenters. The SMILES string of the molecule is C[C@H]1CC(O)(c2ccc(C(F)(F)F)cc2)C[C@@H](C2=CN(CCO)NN2)N1. The summed E-state index contributed by atoms with van der Waals surface area (Å²) in [4.78, 5) is 0. The predicted octanol–water partition coefficient (Wildman–Crippen LogP) is 1.19. The third-order valence-electron chi connectivity index (χ3n) is 4.78. The monoisotopic (exact) mass is 372 g/mol. The Balaban J connectivity index is 1.79. The highest BCUT2D eigenvalue weighted by Crippen LogP contribution is 2.38. The summed E-state index contributed by atoms with van der Waals surface area (Å²) in [6, 6.07) is 4.48. The second-order valence-corrected chi connectivity index (χ2v) is 6.87. The van der Waals surface area contributed by atoms with E-state index in [4.69, 9.17) is 5.11 Å². The van der Waals surface area contributed by atoms with Crippen molar-refractivity contribution in [1.82, 2.24) is 21.3 Å². The van der Waals surface area contributed by atoms with Crippen LogP contribution >= 0.6 is 0 Å². The summed E-state index contributed by atoms with van der Waals surface area (Å²) >= 11 is 0. The van der Waals surface area contributed by atoms with Crippen molar-refractivity contribution in [3.05, 3.63) is 47.3 Å². The number of alkyl halides is 3. The minimum atomic E-state index is -4.40. The smallest absolute Gasteiger partial charge is 0.394 e. The first-order chi connectivity index (χ1) is 12.2. The zero-order valence-electron chi connectivity index (χ0n) is 14.3. The molecule has 1 aromatic rings. The summed E-state index contributed by atoms with van der Waals surface area (Å²) in [6.07, 6.45) is -1.88. The Morgan fingerprint density at radius 1 is 1.23 bits per heavy atom. The molecule has 3 atom stereocenters. The Labute approximate surface area is 149 Å². The molecule has 5 N–H and O–H groups in total. The highest BCUT2D eigenvalue weighted by molar-refractivity contribution is 5.31. The maximum atomic E-state index is 12.8. The number of aliphatic hydroxyl groups excluding tert-OH is 1. The molecule has 1 aromatic carbocycles. The van der Waals surface area contributed by atoms with E-state index in [2.05, 4.69) is 16.3 Å². The van der Waals surface area contributed by atoms with E-state index in [1.165, 1.54) is 12.1 Å². The molecular formula is C17H23F3N4O2. The van der Waals surface area contributed by atoms with Crippen molar-refractivity contribution >= 4 is 0 Å². The average Bonchev–Trinajstić information content (AvgIpc) is 3.02. The first-order valence-corrected chi connectivity index (χ1v) is 8.48. The standard InChI is InChI=1S/C17H23F3N4O2/c1-11-8-16(26,12-2-4-13(5-3-12)17(18,19)20)9-14(21-11)15-10-24(6-7-25)23-22-15/h2-5,10-11,14,21-23,25-26H,6-9H2,1H3/t11-,14-,16?/m0/s1. The van der Waals surface area contributed by atoms with Gasteiger partial charge in [-0.25, -0.2) is 0 Å². The van der Waals surface area contributed by atoms with Gasteiger partial charge >= 0.3 is 6.18 Å². The van der Waals surface area contributed by atoms with Crippen LogP contribution in [0.5, 0.6) is 0 Å². The van der Waals surface area contributed by atoms with Crippen LogP contribution in [0.25, 0.3) is 0 Å². The number of hydrogen-bond acceptors (Lipinski definition) is 6. The molecule has 6 nitrogen and oxygen atoms in total. The second kappa shape index (κ2) is 7.07. The summed E-state index contributed by atoms with van der Waals surface area (Å²) in [5, 5.41) is 25.2. The van der Waals surface area contributed by atoms with Crippen LogP contribution in [0.1, 0.15) is 30.9 Å². The molecule has 0 saturated carbocycles. The molecule has 1 fully saturated rings. The van der Waals surface area contributed by atoms with Gasteiger partial charge in [-0.2, -0.15) is 13.2 Å². The number of rotatable bonds is 4. The van der Waals surface area contributed by atoms with Gasteiger partial charge in [0.25, 0.3) is 0 Å². The van der Waals surface area contributed by atoms with Crippen LogP contribution in [0.4, 0.5) is 13.2 Å². The van der Waals surface area contributed by atoms with E-state index >= 15 is 0 Å². The lowest BCUT2D eigenvalue weighted by Gasteiger charge is -2.41. The number of nitrogens with zero attached hydrogens (tertiary/aromatic N) is 1. The molecular weight excluding hydrogens is 349 g/mol. The Morgan fingerprint density at radius 3 is 2.54 bits per heavy atom. The molecule has 144 valence electrons. The van der Waals surface area contributed by atoms with Gasteiger partial charge < -0.3 is 21.0 Å². The zero-order valence-corrected chi connectivity index (χ0v) is 14.3. The van der Waals surface area contributed by atoms with E-state index in [1.807, 2.05) is 6.92 Å². The number of piperidine rings is 1. The fraction of sp³-hybridized carbons (Fsp3) is 0.529. The van der Waals surface area contributed by atoms with Gasteiger partial charge in [-0.15, -0.1) is 5.53 Å². The first-order valence-electron chi connectivity index (χ1n) is 8.48. The van der Waals surface area contributed by atoms with Crippen molar-refractivity contribution < 1.29 is 23.4 Å². The normalized spacial score (nSPS) is 29.5. The summed E-state index contributed by atoms with van der Waals surface area (Å²) in [6.45, 7) is 2.32. The number of benzene rings is 1. The third kappa shape index (κ3) is 3.96. The molecule has 1 saturated heterocycles. The van der Waals surface area contributed by atoms with Crippen molar-refractivity contribution in [3.63, 3.8) is 0 Å². The Bertz CT molecular complexity index is 665. The van der Waals surface area contributed by atoms with Gasteiger partial charge in [-0.05, 0) is 31.0 Å². The van der Waals surface area contributed by atoms with Crippen LogP contribution in [-0.4, -0.2) is 40.5 Å². The lowest BCUT2D eigenvalue weighted by molar-refractivity contribution is -0.137. The van der Waals surface area contributed by atoms with Crippen molar-refractivity contribution in [2.45, 2.75) is 43.6 Å². The van der Waals surface area contributed by atoms with Crippen LogP contribution in [-0.2, 0) is 11.8 Å². The van der Waals surface area contributed by atoms with E-state index in [0.29, 0.717) is 24.9 Å². The molecule has 26 heavy (non-hydrogen) atoms. The van der Waals surface area contributed by atoms with Crippen molar-refractivity contribution in [1.29, 1.82) is 0 Å². The largest absolute Gasteiger partial charge is 0.416 e. The lowest BCUT2D eigenvalue weighted by atomic mass is 9.78. The molecule has 0 spiro atoms. The highest BCUT2D eigenvalue weighted by Gasteiger charge is 2.41. The molecule has 0 amide bonds. The minimum Gasteiger partial charge on any atom is -0.394 e. The molecule has 9 heteroatoms. The fourth-order valence-electron chi connectivity index (χ4n) is 3.57. The Hall–Kier alpha value is -1.81. The second-order valence-electron chi connectivity index (χ2n) is 6.87. The van der Waals surface area contributed by atoms with Crippen LogP contribution in [0.2, 0.25) is 0 Å². The van der Waals surface area contributed by atoms with Gasteiger partial charge in [-0.3, -0.25) is 5.01 Å². The molecule has 0 aromatic heterocycles. The summed E-state index contributed by atoms with van der Waals surface area (Å²) < 4.78 is 38.3. The number of aliphatic hydroxyl groups is 2. The first kappa shape index (κ1) is 19.0. The van der Waals surface area contributed by atoms with E-state index in [1.54, 1.807) is 11.2 Å². The van der Waals surface area contributed by atoms with Crippen LogP contribution in [0, 0.1) is 0 Å². The van der Waals surface area contributed by atoms with Gasteiger partial charge in [0.1, 0.15) is 0 Å². The predicted molar refractivity (Wildman–Crippen MR) is 89.1 cm³/mol. The molecule has 0 radical (unpaired) electrons. The summed E-state index contributed by atoms with van der Waals surface area (Å²) in [5.41, 5.74) is 5.22. The zero-order chi connectivity index (χ0) is 18.9. The quantitative estimate of drug-likeness (QED) is 0.547. The Morgan fingerprint density at radius 2 is 1.92 bits per heavy atom. The van der Waals surface area contributed by atoms with Crippen molar-refractivity contribution in [2.24, 2.45) is 0 Å². The molecule has 2 aliphatic rings. The van der Waals surface area contributed by atoms with Gasteiger partial charge in [0.2, 0.25) is 0 Å². The van der Waals surface area contributed by atoms with Gasteiger partial charge in [0.15, 0.2) is 0 Å². The van der Waals surface area contributed by atoms with E-state index in [0.717, 1.165) is 17.8 Å². The molecule has 0 bridgehead atoms. The van der Waals surface area contributed by atoms with Gasteiger partial charge in [0.05, 0.1) is 36.1 Å². The molecule has 2 aliphatic heterocycles. The van der Waals surface area contributed by atoms with E-state index in [9.17, 15) is 18.3 Å². The van der Waals surface area contributed by atoms with Crippen LogP contribution in [0.3, 0.4) is 0 Å². The van der Waals surface area contributed by atoms with Crippen LogP contribution < -0.4 is 16.3 Å². The number of hydrogen-bond donors (Lipinski definition) is 5. The maximum absolute atomic E-state index is 12.8. The van der Waals surface area contributed by atoms with Gasteiger partial charge in [-0.1, -0.05) is 12.1 Å². The highest BCUT2D eigenvalue weighted by atomic mass is 19.4.